The van der Waals surface area contributed by atoms with Crippen LogP contribution in [-0.2, 0) is 19.1 Å². The summed E-state index contributed by atoms with van der Waals surface area (Å²) in [7, 11) is 2.34. The molecule has 6 nitrogen and oxygen atoms in total. The molecular formula is C48H92N2O4. The fourth-order valence-electron chi connectivity index (χ4n) is 7.75. The molecule has 0 saturated carbocycles. The average molecular weight is 761 g/mol. The van der Waals surface area contributed by atoms with Gasteiger partial charge in [-0.3, -0.25) is 9.59 Å². The lowest BCUT2D eigenvalue weighted by Crippen LogP contribution is -2.34. The molecule has 0 bridgehead atoms. The van der Waals surface area contributed by atoms with E-state index in [-0.39, 0.29) is 11.9 Å². The number of rotatable bonds is 36. The number of allylic oxidation sites excluding steroid dienone is 1. The zero-order valence-corrected chi connectivity index (χ0v) is 37.4. The molecule has 6 heteroatoms. The van der Waals surface area contributed by atoms with Crippen LogP contribution >= 0.6 is 0 Å². The van der Waals surface area contributed by atoms with Gasteiger partial charge in [-0.25, -0.2) is 0 Å². The van der Waals surface area contributed by atoms with Gasteiger partial charge in [0.15, 0.2) is 0 Å². The maximum absolute atomic E-state index is 12.3. The molecule has 2 atom stereocenters. The van der Waals surface area contributed by atoms with Crippen molar-refractivity contribution in [1.29, 1.82) is 0 Å². The number of nitrogens with zero attached hydrogens (tertiary/aromatic N) is 2. The predicted octanol–water partition coefficient (Wildman–Crippen LogP) is 13.2. The van der Waals surface area contributed by atoms with Crippen LogP contribution in [0.15, 0.2) is 11.8 Å². The smallest absolute Gasteiger partial charge is 0.310 e. The van der Waals surface area contributed by atoms with Crippen LogP contribution in [0.4, 0.5) is 0 Å². The molecule has 0 aromatic carbocycles. The molecule has 1 aliphatic heterocycles. The monoisotopic (exact) mass is 761 g/mol. The summed E-state index contributed by atoms with van der Waals surface area (Å²) >= 11 is 0. The first-order valence-electron chi connectivity index (χ1n) is 23.4. The van der Waals surface area contributed by atoms with E-state index in [1.165, 1.54) is 135 Å². The van der Waals surface area contributed by atoms with Gasteiger partial charge in [-0.1, -0.05) is 138 Å². The van der Waals surface area contributed by atoms with Crippen LogP contribution in [0.3, 0.4) is 0 Å². The molecule has 0 aromatic rings. The SMILES string of the molecule is CCC(CCC(C)C)COC(=O)CCCCCCCCCC(CCCCCCCCCC(=O)O/C=C(/CCC(C)C)C(C)C)CN(C)CCN1CCCC1. The van der Waals surface area contributed by atoms with Crippen LogP contribution in [0.25, 0.3) is 0 Å². The van der Waals surface area contributed by atoms with Crippen molar-refractivity contribution in [2.24, 2.45) is 29.6 Å². The van der Waals surface area contributed by atoms with Crippen molar-refractivity contribution < 1.29 is 19.1 Å². The molecule has 0 aromatic heterocycles. The van der Waals surface area contributed by atoms with E-state index in [4.69, 9.17) is 9.47 Å². The second-order valence-corrected chi connectivity index (χ2v) is 18.4. The molecule has 1 heterocycles. The lowest BCUT2D eigenvalue weighted by molar-refractivity contribution is -0.145. The Labute approximate surface area is 336 Å². The standard InChI is InChI=1S/C48H92N2O4/c1-9-44(32-30-41(2)3)39-53-47(51)28-22-18-14-10-12-16-20-26-45(38-49(8)36-37-50-34-24-25-35-50)27-21-17-13-11-15-19-23-29-48(52)54-40-46(43(6)7)33-31-42(4)5/h40-45H,9-39H2,1-8H3/b46-40-. The van der Waals surface area contributed by atoms with E-state index in [1.54, 1.807) is 6.26 Å². The summed E-state index contributed by atoms with van der Waals surface area (Å²) in [4.78, 5) is 29.8. The molecule has 0 N–H and O–H groups in total. The number of carbonyl (C=O) groups excluding carboxylic acids is 2. The summed E-state index contributed by atoms with van der Waals surface area (Å²) in [5.41, 5.74) is 1.25. The average Bonchev–Trinajstić information content (AvgIpc) is 3.66. The summed E-state index contributed by atoms with van der Waals surface area (Å²) in [6, 6.07) is 0. The van der Waals surface area contributed by atoms with Crippen molar-refractivity contribution in [2.75, 3.05) is 46.4 Å². The third-order valence-electron chi connectivity index (χ3n) is 11.9. The normalized spacial score (nSPS) is 15.2. The Morgan fingerprint density at radius 1 is 0.630 bits per heavy atom. The van der Waals surface area contributed by atoms with Gasteiger partial charge in [0, 0.05) is 32.5 Å². The molecule has 318 valence electrons. The highest BCUT2D eigenvalue weighted by atomic mass is 16.5. The molecule has 1 saturated heterocycles. The molecule has 0 spiro atoms. The maximum Gasteiger partial charge on any atom is 0.310 e. The second-order valence-electron chi connectivity index (χ2n) is 18.4. The van der Waals surface area contributed by atoms with Gasteiger partial charge in [0.1, 0.15) is 0 Å². The van der Waals surface area contributed by atoms with Gasteiger partial charge in [0.25, 0.3) is 0 Å². The molecule has 54 heavy (non-hydrogen) atoms. The van der Waals surface area contributed by atoms with Crippen molar-refractivity contribution in [3.05, 3.63) is 11.8 Å². The first-order chi connectivity index (χ1) is 26.0. The summed E-state index contributed by atoms with van der Waals surface area (Å²) in [6.07, 6.45) is 31.2. The van der Waals surface area contributed by atoms with Gasteiger partial charge >= 0.3 is 11.9 Å². The summed E-state index contributed by atoms with van der Waals surface area (Å²) < 4.78 is 11.1. The van der Waals surface area contributed by atoms with Crippen LogP contribution in [0.5, 0.6) is 0 Å². The number of hydrogen-bond acceptors (Lipinski definition) is 6. The topological polar surface area (TPSA) is 59.1 Å². The Morgan fingerprint density at radius 2 is 1.15 bits per heavy atom. The van der Waals surface area contributed by atoms with Crippen LogP contribution in [0.1, 0.15) is 209 Å². The van der Waals surface area contributed by atoms with Crippen LogP contribution in [0, 0.1) is 29.6 Å². The summed E-state index contributed by atoms with van der Waals surface area (Å²) in [5, 5.41) is 0. The summed E-state index contributed by atoms with van der Waals surface area (Å²) in [5.74, 6) is 3.06. The molecular weight excluding hydrogens is 669 g/mol. The molecule has 2 unspecified atom stereocenters. The molecule has 1 rings (SSSR count). The predicted molar refractivity (Wildman–Crippen MR) is 232 cm³/mol. The Hall–Kier alpha value is -1.40. The van der Waals surface area contributed by atoms with Crippen LogP contribution < -0.4 is 0 Å². The van der Waals surface area contributed by atoms with Gasteiger partial charge in [-0.2, -0.15) is 0 Å². The Balaban J connectivity index is 2.23. The minimum Gasteiger partial charge on any atom is -0.465 e. The highest BCUT2D eigenvalue weighted by Gasteiger charge is 2.16. The zero-order valence-electron chi connectivity index (χ0n) is 37.4. The molecule has 0 aliphatic carbocycles. The number of likely N-dealkylation sites (tertiary alicyclic amines) is 1. The first-order valence-corrected chi connectivity index (χ1v) is 23.4. The van der Waals surface area contributed by atoms with E-state index in [2.05, 4.69) is 65.3 Å². The number of esters is 2. The fraction of sp³-hybridized carbons (Fsp3) is 0.917. The fourth-order valence-corrected chi connectivity index (χ4v) is 7.75. The third-order valence-corrected chi connectivity index (χ3v) is 11.9. The second kappa shape index (κ2) is 33.7. The Morgan fingerprint density at radius 3 is 1.67 bits per heavy atom. The van der Waals surface area contributed by atoms with Crippen molar-refractivity contribution in [2.45, 2.75) is 209 Å². The van der Waals surface area contributed by atoms with Gasteiger partial charge < -0.3 is 19.3 Å². The minimum atomic E-state index is -0.0729. The van der Waals surface area contributed by atoms with E-state index < -0.39 is 0 Å². The molecule has 1 fully saturated rings. The van der Waals surface area contributed by atoms with E-state index in [1.807, 2.05) is 0 Å². The number of hydrogen-bond donors (Lipinski definition) is 0. The lowest BCUT2D eigenvalue weighted by atomic mass is 9.93. The molecule has 0 radical (unpaired) electrons. The number of likely N-dealkylation sites (N-methyl/N-ethyl adjacent to an activating group) is 1. The van der Waals surface area contributed by atoms with E-state index >= 15 is 0 Å². The first kappa shape index (κ1) is 50.6. The quantitative estimate of drug-likeness (QED) is 0.0360. The molecule has 1 aliphatic rings. The largest absolute Gasteiger partial charge is 0.465 e. The van der Waals surface area contributed by atoms with Crippen molar-refractivity contribution >= 4 is 11.9 Å². The third kappa shape index (κ3) is 29.8. The minimum absolute atomic E-state index is 0.00437. The van der Waals surface area contributed by atoms with Crippen LogP contribution in [-0.4, -0.2) is 68.1 Å². The van der Waals surface area contributed by atoms with E-state index in [0.29, 0.717) is 43.1 Å². The van der Waals surface area contributed by atoms with Crippen molar-refractivity contribution in [3.8, 4) is 0 Å². The zero-order chi connectivity index (χ0) is 39.8. The van der Waals surface area contributed by atoms with Crippen molar-refractivity contribution in [3.63, 3.8) is 0 Å². The van der Waals surface area contributed by atoms with Crippen molar-refractivity contribution in [1.82, 2.24) is 9.80 Å². The Bertz CT molecular complexity index is 926. The highest BCUT2D eigenvalue weighted by molar-refractivity contribution is 5.70. The van der Waals surface area contributed by atoms with Gasteiger partial charge in [-0.05, 0) is 113 Å². The molecule has 0 amide bonds. The van der Waals surface area contributed by atoms with E-state index in [0.717, 1.165) is 57.3 Å². The van der Waals surface area contributed by atoms with Gasteiger partial charge in [-0.15, -0.1) is 0 Å². The number of carbonyl (C=O) groups is 2. The van der Waals surface area contributed by atoms with Crippen LogP contribution in [0.2, 0.25) is 0 Å². The lowest BCUT2D eigenvalue weighted by Gasteiger charge is -2.26. The van der Waals surface area contributed by atoms with Gasteiger partial charge in [0.05, 0.1) is 12.9 Å². The maximum atomic E-state index is 12.3. The number of ether oxygens (including phenoxy) is 2. The van der Waals surface area contributed by atoms with Gasteiger partial charge in [0.2, 0.25) is 0 Å². The van der Waals surface area contributed by atoms with E-state index in [9.17, 15) is 9.59 Å². The number of unbranched alkanes of at least 4 members (excludes halogenated alkanes) is 12. The highest BCUT2D eigenvalue weighted by Crippen LogP contribution is 2.22. The summed E-state index contributed by atoms with van der Waals surface area (Å²) in [6.45, 7) is 22.4. The Kier molecular flexibility index (Phi) is 31.6.